The second-order valence-corrected chi connectivity index (χ2v) is 6.80. The topological polar surface area (TPSA) is 97.0 Å². The number of carbonyl (C=O) groups excluding carboxylic acids is 3. The first-order valence-corrected chi connectivity index (χ1v) is 9.88. The van der Waals surface area contributed by atoms with E-state index in [0.717, 1.165) is 12.1 Å². The zero-order valence-electron chi connectivity index (χ0n) is 17.0. The average Bonchev–Trinajstić information content (AvgIpc) is 3.19. The molecule has 8 nitrogen and oxygen atoms in total. The molecular formula is C22H25N3O5. The first-order chi connectivity index (χ1) is 14.5. The number of amides is 3. The molecule has 1 fully saturated rings. The molecule has 0 spiro atoms. The van der Waals surface area contributed by atoms with Gasteiger partial charge >= 0.3 is 0 Å². The molecule has 3 rings (SSSR count). The summed E-state index contributed by atoms with van der Waals surface area (Å²) in [6, 6.07) is 13.6. The van der Waals surface area contributed by atoms with Crippen molar-refractivity contribution >= 4 is 23.4 Å². The van der Waals surface area contributed by atoms with Crippen LogP contribution in [0.3, 0.4) is 0 Å². The number of hydrogen-bond donors (Lipinski definition) is 2. The van der Waals surface area contributed by atoms with Gasteiger partial charge in [-0.1, -0.05) is 0 Å². The second kappa shape index (κ2) is 9.78. The van der Waals surface area contributed by atoms with Crippen molar-refractivity contribution in [2.75, 3.05) is 18.1 Å². The molecule has 1 atom stereocenters. The van der Waals surface area contributed by atoms with Crippen LogP contribution in [0.4, 0.5) is 5.69 Å². The number of benzene rings is 2. The van der Waals surface area contributed by atoms with E-state index in [4.69, 9.17) is 9.47 Å². The monoisotopic (exact) mass is 411 g/mol. The predicted molar refractivity (Wildman–Crippen MR) is 111 cm³/mol. The molecule has 158 valence electrons. The Balaban J connectivity index is 1.48. The van der Waals surface area contributed by atoms with E-state index in [2.05, 4.69) is 10.9 Å². The van der Waals surface area contributed by atoms with Crippen LogP contribution in [0.2, 0.25) is 0 Å². The Bertz CT molecular complexity index is 896. The minimum atomic E-state index is -0.813. The number of carbonyl (C=O) groups is 3. The number of anilines is 1. The smallest absolute Gasteiger partial charge is 0.279 e. The van der Waals surface area contributed by atoms with Gasteiger partial charge in [-0.05, 0) is 68.8 Å². The van der Waals surface area contributed by atoms with Crippen molar-refractivity contribution in [2.24, 2.45) is 0 Å². The lowest BCUT2D eigenvalue weighted by Gasteiger charge is -2.17. The maximum absolute atomic E-state index is 12.3. The van der Waals surface area contributed by atoms with Crippen LogP contribution in [-0.4, -0.2) is 37.0 Å². The van der Waals surface area contributed by atoms with Crippen molar-refractivity contribution in [3.63, 3.8) is 0 Å². The van der Waals surface area contributed by atoms with E-state index in [1.54, 1.807) is 60.4 Å². The Kier molecular flexibility index (Phi) is 6.90. The van der Waals surface area contributed by atoms with E-state index in [0.29, 0.717) is 36.6 Å². The first kappa shape index (κ1) is 21.2. The molecule has 1 aliphatic rings. The normalized spacial score (nSPS) is 14.2. The molecule has 1 saturated heterocycles. The fourth-order valence-corrected chi connectivity index (χ4v) is 3.04. The van der Waals surface area contributed by atoms with Gasteiger partial charge in [-0.3, -0.25) is 25.2 Å². The molecule has 0 aliphatic carbocycles. The van der Waals surface area contributed by atoms with Crippen molar-refractivity contribution < 1.29 is 23.9 Å². The highest BCUT2D eigenvalue weighted by molar-refractivity contribution is 5.98. The molecule has 3 amide bonds. The van der Waals surface area contributed by atoms with E-state index in [9.17, 15) is 14.4 Å². The lowest BCUT2D eigenvalue weighted by atomic mass is 10.2. The molecule has 2 aromatic carbocycles. The Hall–Kier alpha value is -3.55. The molecule has 1 aliphatic heterocycles. The Morgan fingerprint density at radius 2 is 1.70 bits per heavy atom. The zero-order chi connectivity index (χ0) is 21.5. The van der Waals surface area contributed by atoms with Crippen molar-refractivity contribution in [3.05, 3.63) is 54.1 Å². The second-order valence-electron chi connectivity index (χ2n) is 6.80. The zero-order valence-corrected chi connectivity index (χ0v) is 17.0. The third-order valence-electron chi connectivity index (χ3n) is 4.63. The summed E-state index contributed by atoms with van der Waals surface area (Å²) >= 11 is 0. The van der Waals surface area contributed by atoms with Crippen molar-refractivity contribution in [2.45, 2.75) is 32.8 Å². The van der Waals surface area contributed by atoms with Crippen LogP contribution in [0.1, 0.15) is 37.0 Å². The van der Waals surface area contributed by atoms with Crippen molar-refractivity contribution in [1.29, 1.82) is 0 Å². The van der Waals surface area contributed by atoms with Crippen LogP contribution in [0.15, 0.2) is 48.5 Å². The number of ether oxygens (including phenoxy) is 2. The van der Waals surface area contributed by atoms with Crippen LogP contribution >= 0.6 is 0 Å². The van der Waals surface area contributed by atoms with Gasteiger partial charge in [0.15, 0.2) is 6.10 Å². The van der Waals surface area contributed by atoms with Gasteiger partial charge < -0.3 is 14.4 Å². The molecule has 0 bridgehead atoms. The fraction of sp³-hybridized carbons (Fsp3) is 0.318. The molecule has 0 aromatic heterocycles. The van der Waals surface area contributed by atoms with E-state index in [1.165, 1.54) is 0 Å². The third-order valence-corrected chi connectivity index (χ3v) is 4.63. The summed E-state index contributed by atoms with van der Waals surface area (Å²) in [5.74, 6) is 0.363. The summed E-state index contributed by atoms with van der Waals surface area (Å²) in [5.41, 5.74) is 5.85. The lowest BCUT2D eigenvalue weighted by Crippen LogP contribution is -2.47. The van der Waals surface area contributed by atoms with Crippen LogP contribution in [0, 0.1) is 0 Å². The van der Waals surface area contributed by atoms with Crippen LogP contribution in [0.5, 0.6) is 11.5 Å². The van der Waals surface area contributed by atoms with Crippen molar-refractivity contribution in [1.82, 2.24) is 10.9 Å². The van der Waals surface area contributed by atoms with Gasteiger partial charge in [0.25, 0.3) is 11.8 Å². The Labute approximate surface area is 175 Å². The molecule has 2 aromatic rings. The van der Waals surface area contributed by atoms with Crippen molar-refractivity contribution in [3.8, 4) is 11.5 Å². The van der Waals surface area contributed by atoms with E-state index >= 15 is 0 Å². The lowest BCUT2D eigenvalue weighted by molar-refractivity contribution is -0.128. The maximum Gasteiger partial charge on any atom is 0.279 e. The standard InChI is InChI=1S/C22H25N3O5/c1-3-29-18-10-12-19(13-11-18)30-15(2)21(27)23-24-22(28)16-6-8-17(9-7-16)25-14-4-5-20(25)26/h6-13,15H,3-5,14H2,1-2H3,(H,23,27)(H,24,28). The summed E-state index contributed by atoms with van der Waals surface area (Å²) in [6.07, 6.45) is 0.571. The number of nitrogens with one attached hydrogen (secondary N) is 2. The molecule has 2 N–H and O–H groups in total. The molecule has 0 saturated carbocycles. The van der Waals surface area contributed by atoms with Gasteiger partial charge in [0.2, 0.25) is 5.91 Å². The average molecular weight is 411 g/mol. The summed E-state index contributed by atoms with van der Waals surface area (Å²) in [6.45, 7) is 4.73. The quantitative estimate of drug-likeness (QED) is 0.682. The molecule has 1 heterocycles. The van der Waals surface area contributed by atoms with Gasteiger partial charge in [0, 0.05) is 24.2 Å². The predicted octanol–water partition coefficient (Wildman–Crippen LogP) is 2.44. The van der Waals surface area contributed by atoms with E-state index in [1.807, 2.05) is 6.92 Å². The molecule has 0 radical (unpaired) electrons. The molecule has 1 unspecified atom stereocenters. The largest absolute Gasteiger partial charge is 0.494 e. The minimum Gasteiger partial charge on any atom is -0.494 e. The highest BCUT2D eigenvalue weighted by Gasteiger charge is 2.22. The fourth-order valence-electron chi connectivity index (χ4n) is 3.04. The van der Waals surface area contributed by atoms with E-state index in [-0.39, 0.29) is 5.91 Å². The van der Waals surface area contributed by atoms with Crippen LogP contribution < -0.4 is 25.2 Å². The maximum atomic E-state index is 12.3. The van der Waals surface area contributed by atoms with Gasteiger partial charge in [-0.15, -0.1) is 0 Å². The highest BCUT2D eigenvalue weighted by atomic mass is 16.5. The van der Waals surface area contributed by atoms with Gasteiger partial charge in [0.05, 0.1) is 6.61 Å². The van der Waals surface area contributed by atoms with E-state index < -0.39 is 17.9 Å². The Morgan fingerprint density at radius 3 is 2.30 bits per heavy atom. The van der Waals surface area contributed by atoms with Gasteiger partial charge in [-0.2, -0.15) is 0 Å². The summed E-state index contributed by atoms with van der Waals surface area (Å²) in [4.78, 5) is 38.0. The minimum absolute atomic E-state index is 0.0842. The highest BCUT2D eigenvalue weighted by Crippen LogP contribution is 2.21. The van der Waals surface area contributed by atoms with Gasteiger partial charge in [0.1, 0.15) is 11.5 Å². The third kappa shape index (κ3) is 5.28. The first-order valence-electron chi connectivity index (χ1n) is 9.88. The number of rotatable bonds is 7. The number of nitrogens with zero attached hydrogens (tertiary/aromatic N) is 1. The molecule has 8 heteroatoms. The summed E-state index contributed by atoms with van der Waals surface area (Å²) < 4.78 is 10.9. The van der Waals surface area contributed by atoms with Crippen LogP contribution in [0.25, 0.3) is 0 Å². The van der Waals surface area contributed by atoms with Gasteiger partial charge in [-0.25, -0.2) is 0 Å². The number of hydrogen-bond acceptors (Lipinski definition) is 5. The summed E-state index contributed by atoms with van der Waals surface area (Å²) in [7, 11) is 0. The number of hydrazine groups is 1. The molecular weight excluding hydrogens is 386 g/mol. The Morgan fingerprint density at radius 1 is 1.03 bits per heavy atom. The SMILES string of the molecule is CCOc1ccc(OC(C)C(=O)NNC(=O)c2ccc(N3CCCC3=O)cc2)cc1. The van der Waals surface area contributed by atoms with Crippen LogP contribution in [-0.2, 0) is 9.59 Å². The molecule has 30 heavy (non-hydrogen) atoms. The summed E-state index contributed by atoms with van der Waals surface area (Å²) in [5, 5.41) is 0.